The van der Waals surface area contributed by atoms with Crippen LogP contribution in [0.3, 0.4) is 0 Å². The largest absolute Gasteiger partial charge is 0.337 e. The molecule has 0 aliphatic carbocycles. The molecule has 0 radical (unpaired) electrons. The minimum atomic E-state index is 0.0332. The van der Waals surface area contributed by atoms with Gasteiger partial charge >= 0.3 is 0 Å². The molecular weight excluding hydrogens is 264 g/mol. The molecule has 2 aromatic heterocycles. The van der Waals surface area contributed by atoms with Gasteiger partial charge in [-0.15, -0.1) is 0 Å². The van der Waals surface area contributed by atoms with E-state index in [0.29, 0.717) is 5.69 Å². The second kappa shape index (κ2) is 6.52. The lowest BCUT2D eigenvalue weighted by atomic mass is 10.1. The second-order valence-corrected chi connectivity index (χ2v) is 5.41. The van der Waals surface area contributed by atoms with Gasteiger partial charge in [0.25, 0.3) is 5.91 Å². The SMILES string of the molecule is O=C(c1cc(-n2cccn2)ccn1)N1CCCCCCC1. The molecule has 0 spiro atoms. The van der Waals surface area contributed by atoms with Gasteiger partial charge in [0.1, 0.15) is 5.69 Å². The van der Waals surface area contributed by atoms with Crippen molar-refractivity contribution < 1.29 is 4.79 Å². The van der Waals surface area contributed by atoms with E-state index in [-0.39, 0.29) is 5.91 Å². The Balaban J connectivity index is 1.79. The van der Waals surface area contributed by atoms with Crippen LogP contribution in [0, 0.1) is 0 Å². The monoisotopic (exact) mass is 284 g/mol. The Bertz CT molecular complexity index is 586. The molecule has 5 heteroatoms. The topological polar surface area (TPSA) is 51.0 Å². The predicted molar refractivity (Wildman–Crippen MR) is 80.3 cm³/mol. The van der Waals surface area contributed by atoms with Gasteiger partial charge < -0.3 is 4.90 Å². The number of rotatable bonds is 2. The normalized spacial score (nSPS) is 16.3. The van der Waals surface area contributed by atoms with E-state index in [1.54, 1.807) is 17.1 Å². The number of carbonyl (C=O) groups excluding carboxylic acids is 1. The Labute approximate surface area is 124 Å². The molecule has 1 saturated heterocycles. The van der Waals surface area contributed by atoms with E-state index < -0.39 is 0 Å². The van der Waals surface area contributed by atoms with Gasteiger partial charge in [-0.25, -0.2) is 4.68 Å². The van der Waals surface area contributed by atoms with Gasteiger partial charge in [0.05, 0.1) is 5.69 Å². The number of amides is 1. The van der Waals surface area contributed by atoms with Crippen molar-refractivity contribution in [1.29, 1.82) is 0 Å². The number of hydrogen-bond acceptors (Lipinski definition) is 3. The third kappa shape index (κ3) is 3.29. The highest BCUT2D eigenvalue weighted by molar-refractivity contribution is 5.92. The van der Waals surface area contributed by atoms with Crippen molar-refractivity contribution in [2.75, 3.05) is 13.1 Å². The first-order valence-corrected chi connectivity index (χ1v) is 7.60. The molecule has 2 aromatic rings. The smallest absolute Gasteiger partial charge is 0.272 e. The molecule has 5 nitrogen and oxygen atoms in total. The van der Waals surface area contributed by atoms with Crippen molar-refractivity contribution in [3.8, 4) is 5.69 Å². The van der Waals surface area contributed by atoms with Crippen molar-refractivity contribution in [1.82, 2.24) is 19.7 Å². The summed E-state index contributed by atoms with van der Waals surface area (Å²) in [7, 11) is 0. The number of likely N-dealkylation sites (tertiary alicyclic amines) is 1. The second-order valence-electron chi connectivity index (χ2n) is 5.41. The molecule has 1 amide bonds. The molecule has 0 atom stereocenters. The molecule has 21 heavy (non-hydrogen) atoms. The number of hydrogen-bond donors (Lipinski definition) is 0. The summed E-state index contributed by atoms with van der Waals surface area (Å²) in [5.74, 6) is 0.0332. The number of aromatic nitrogens is 3. The summed E-state index contributed by atoms with van der Waals surface area (Å²) in [4.78, 5) is 18.8. The van der Waals surface area contributed by atoms with Crippen molar-refractivity contribution >= 4 is 5.91 Å². The van der Waals surface area contributed by atoms with Crippen LogP contribution < -0.4 is 0 Å². The van der Waals surface area contributed by atoms with Crippen LogP contribution in [-0.2, 0) is 0 Å². The van der Waals surface area contributed by atoms with Crippen LogP contribution in [0.4, 0.5) is 0 Å². The molecule has 1 aliphatic heterocycles. The Morgan fingerprint density at radius 2 is 1.81 bits per heavy atom. The fourth-order valence-electron chi connectivity index (χ4n) is 2.71. The zero-order valence-corrected chi connectivity index (χ0v) is 12.1. The molecule has 3 heterocycles. The maximum atomic E-state index is 12.6. The lowest BCUT2D eigenvalue weighted by Gasteiger charge is -2.24. The van der Waals surface area contributed by atoms with E-state index in [4.69, 9.17) is 0 Å². The fraction of sp³-hybridized carbons (Fsp3) is 0.438. The predicted octanol–water partition coefficient (Wildman–Crippen LogP) is 2.67. The standard InChI is InChI=1S/C16H20N4O/c21-16(19-10-4-2-1-3-5-11-19)15-13-14(7-9-17-15)20-12-6-8-18-20/h6-9,12-13H,1-5,10-11H2. The zero-order chi connectivity index (χ0) is 14.5. The number of nitrogens with zero attached hydrogens (tertiary/aromatic N) is 4. The van der Waals surface area contributed by atoms with Crippen molar-refractivity contribution in [2.45, 2.75) is 32.1 Å². The minimum absolute atomic E-state index is 0.0332. The van der Waals surface area contributed by atoms with Gasteiger partial charge in [-0.1, -0.05) is 19.3 Å². The van der Waals surface area contributed by atoms with Gasteiger partial charge in [-0.05, 0) is 31.0 Å². The summed E-state index contributed by atoms with van der Waals surface area (Å²) >= 11 is 0. The Kier molecular flexibility index (Phi) is 4.28. The molecule has 1 aliphatic rings. The first-order chi connectivity index (χ1) is 10.3. The van der Waals surface area contributed by atoms with E-state index in [9.17, 15) is 4.79 Å². The molecule has 0 N–H and O–H groups in total. The first-order valence-electron chi connectivity index (χ1n) is 7.60. The van der Waals surface area contributed by atoms with E-state index in [1.165, 1.54) is 19.3 Å². The van der Waals surface area contributed by atoms with E-state index in [1.807, 2.05) is 29.3 Å². The zero-order valence-electron chi connectivity index (χ0n) is 12.1. The van der Waals surface area contributed by atoms with Crippen LogP contribution >= 0.6 is 0 Å². The fourth-order valence-corrected chi connectivity index (χ4v) is 2.71. The van der Waals surface area contributed by atoms with Crippen molar-refractivity contribution in [3.63, 3.8) is 0 Å². The summed E-state index contributed by atoms with van der Waals surface area (Å²) in [6.45, 7) is 1.68. The average molecular weight is 284 g/mol. The maximum absolute atomic E-state index is 12.6. The van der Waals surface area contributed by atoms with Crippen LogP contribution in [-0.4, -0.2) is 38.7 Å². The molecule has 3 rings (SSSR count). The van der Waals surface area contributed by atoms with Gasteiger partial charge in [-0.3, -0.25) is 9.78 Å². The van der Waals surface area contributed by atoms with Crippen LogP contribution in [0.1, 0.15) is 42.6 Å². The third-order valence-corrected chi connectivity index (χ3v) is 3.87. The molecule has 0 unspecified atom stereocenters. The van der Waals surface area contributed by atoms with E-state index >= 15 is 0 Å². The Morgan fingerprint density at radius 1 is 1.05 bits per heavy atom. The van der Waals surface area contributed by atoms with Crippen LogP contribution in [0.2, 0.25) is 0 Å². The molecular formula is C16H20N4O. The summed E-state index contributed by atoms with van der Waals surface area (Å²) in [6, 6.07) is 5.53. The highest BCUT2D eigenvalue weighted by Crippen LogP contribution is 2.14. The molecule has 0 aromatic carbocycles. The minimum Gasteiger partial charge on any atom is -0.337 e. The van der Waals surface area contributed by atoms with Gasteiger partial charge in [0.15, 0.2) is 0 Å². The highest BCUT2D eigenvalue weighted by atomic mass is 16.2. The highest BCUT2D eigenvalue weighted by Gasteiger charge is 2.18. The lowest BCUT2D eigenvalue weighted by molar-refractivity contribution is 0.0736. The Morgan fingerprint density at radius 3 is 2.52 bits per heavy atom. The molecule has 0 bridgehead atoms. The summed E-state index contributed by atoms with van der Waals surface area (Å²) in [5, 5.41) is 4.19. The third-order valence-electron chi connectivity index (χ3n) is 3.87. The van der Waals surface area contributed by atoms with E-state index in [2.05, 4.69) is 10.1 Å². The quantitative estimate of drug-likeness (QED) is 0.852. The molecule has 110 valence electrons. The summed E-state index contributed by atoms with van der Waals surface area (Å²) in [5.41, 5.74) is 1.37. The molecule has 1 fully saturated rings. The summed E-state index contributed by atoms with van der Waals surface area (Å²) < 4.78 is 1.74. The first kappa shape index (κ1) is 13.8. The molecule has 0 saturated carbocycles. The van der Waals surface area contributed by atoms with Gasteiger partial charge in [-0.2, -0.15) is 5.10 Å². The number of pyridine rings is 1. The van der Waals surface area contributed by atoms with Gasteiger partial charge in [0.2, 0.25) is 0 Å². The van der Waals surface area contributed by atoms with Crippen LogP contribution in [0.15, 0.2) is 36.8 Å². The van der Waals surface area contributed by atoms with Crippen molar-refractivity contribution in [3.05, 3.63) is 42.5 Å². The lowest BCUT2D eigenvalue weighted by Crippen LogP contribution is -2.34. The number of carbonyl (C=O) groups is 1. The van der Waals surface area contributed by atoms with Crippen LogP contribution in [0.5, 0.6) is 0 Å². The van der Waals surface area contributed by atoms with Crippen LogP contribution in [0.25, 0.3) is 5.69 Å². The summed E-state index contributed by atoms with van der Waals surface area (Å²) in [6.07, 6.45) is 11.1. The average Bonchev–Trinajstić information content (AvgIpc) is 3.01. The Hall–Kier alpha value is -2.17. The maximum Gasteiger partial charge on any atom is 0.272 e. The van der Waals surface area contributed by atoms with Gasteiger partial charge in [0, 0.05) is 31.7 Å². The van der Waals surface area contributed by atoms with Crippen molar-refractivity contribution in [2.24, 2.45) is 0 Å². The van der Waals surface area contributed by atoms with E-state index in [0.717, 1.165) is 31.6 Å².